The molecular weight excluding hydrogens is 256 g/mol. The van der Waals surface area contributed by atoms with Gasteiger partial charge >= 0.3 is 0 Å². The molecule has 2 heterocycles. The molecule has 20 heavy (non-hydrogen) atoms. The van der Waals surface area contributed by atoms with Crippen LogP contribution in [0, 0.1) is 0 Å². The van der Waals surface area contributed by atoms with Gasteiger partial charge in [0.25, 0.3) is 5.91 Å². The highest BCUT2D eigenvalue weighted by molar-refractivity contribution is 5.94. The van der Waals surface area contributed by atoms with Crippen LogP contribution >= 0.6 is 0 Å². The second kappa shape index (κ2) is 5.36. The molecule has 7 heteroatoms. The van der Waals surface area contributed by atoms with Crippen molar-refractivity contribution in [3.63, 3.8) is 0 Å². The highest BCUT2D eigenvalue weighted by atomic mass is 16.2. The molecule has 0 saturated carbocycles. The Hall–Kier alpha value is -2.31. The van der Waals surface area contributed by atoms with Crippen molar-refractivity contribution in [3.05, 3.63) is 30.1 Å². The molecule has 0 spiro atoms. The molecule has 3 N–H and O–H groups in total. The van der Waals surface area contributed by atoms with Crippen molar-refractivity contribution >= 4 is 11.6 Å². The summed E-state index contributed by atoms with van der Waals surface area (Å²) in [5.74, 6) is 0.528. The normalized spacial score (nSPS) is 12.7. The molecule has 2 aromatic heterocycles. The molecule has 7 nitrogen and oxygen atoms in total. The minimum absolute atomic E-state index is 0.165. The largest absolute Gasteiger partial charge is 0.397 e. The van der Waals surface area contributed by atoms with Gasteiger partial charge in [0.1, 0.15) is 12.0 Å². The van der Waals surface area contributed by atoms with E-state index in [9.17, 15) is 4.79 Å². The Morgan fingerprint density at radius 1 is 1.40 bits per heavy atom. The van der Waals surface area contributed by atoms with E-state index in [4.69, 9.17) is 5.73 Å². The number of nitrogens with zero attached hydrogens (tertiary/aromatic N) is 4. The fourth-order valence-corrected chi connectivity index (χ4v) is 2.13. The third-order valence-electron chi connectivity index (χ3n) is 3.14. The van der Waals surface area contributed by atoms with Crippen LogP contribution in [0.15, 0.2) is 18.6 Å². The molecule has 2 aromatic rings. The Kier molecular flexibility index (Phi) is 3.78. The first-order valence-electron chi connectivity index (χ1n) is 6.52. The summed E-state index contributed by atoms with van der Waals surface area (Å²) in [6.07, 6.45) is 3.37. The van der Waals surface area contributed by atoms with E-state index in [2.05, 4.69) is 15.5 Å². The van der Waals surface area contributed by atoms with Crippen LogP contribution in [0.4, 0.5) is 5.69 Å². The van der Waals surface area contributed by atoms with Crippen molar-refractivity contribution in [3.8, 4) is 0 Å². The van der Waals surface area contributed by atoms with Crippen molar-refractivity contribution in [2.75, 3.05) is 5.73 Å². The maximum atomic E-state index is 12.4. The second-order valence-corrected chi connectivity index (χ2v) is 5.15. The summed E-state index contributed by atoms with van der Waals surface area (Å²) in [4.78, 5) is 12.4. The lowest BCUT2D eigenvalue weighted by molar-refractivity contribution is 0.0927. The Morgan fingerprint density at radius 3 is 2.65 bits per heavy atom. The molecule has 1 atom stereocenters. The Bertz CT molecular complexity index is 612. The van der Waals surface area contributed by atoms with E-state index in [0.29, 0.717) is 17.2 Å². The van der Waals surface area contributed by atoms with Crippen LogP contribution in [0.25, 0.3) is 0 Å². The van der Waals surface area contributed by atoms with Crippen molar-refractivity contribution in [2.45, 2.75) is 32.9 Å². The number of hydrogen-bond donors (Lipinski definition) is 2. The molecule has 0 aliphatic rings. The van der Waals surface area contributed by atoms with E-state index in [1.54, 1.807) is 23.2 Å². The number of carbonyl (C=O) groups excluding carboxylic acids is 1. The lowest BCUT2D eigenvalue weighted by Crippen LogP contribution is -2.30. The smallest absolute Gasteiger partial charge is 0.268 e. The van der Waals surface area contributed by atoms with Gasteiger partial charge in [-0.2, -0.15) is 0 Å². The Labute approximate surface area is 117 Å². The van der Waals surface area contributed by atoms with Gasteiger partial charge in [0, 0.05) is 19.3 Å². The number of nitrogens with one attached hydrogen (secondary N) is 1. The van der Waals surface area contributed by atoms with Gasteiger partial charge in [-0.25, -0.2) is 0 Å². The first-order chi connectivity index (χ1) is 9.40. The molecule has 0 bridgehead atoms. The monoisotopic (exact) mass is 276 g/mol. The van der Waals surface area contributed by atoms with Crippen molar-refractivity contribution < 1.29 is 4.79 Å². The van der Waals surface area contributed by atoms with Crippen LogP contribution in [-0.2, 0) is 7.05 Å². The third kappa shape index (κ3) is 2.66. The first kappa shape index (κ1) is 14.1. The van der Waals surface area contributed by atoms with E-state index < -0.39 is 0 Å². The van der Waals surface area contributed by atoms with Crippen molar-refractivity contribution in [2.24, 2.45) is 7.05 Å². The molecule has 0 fully saturated rings. The number of rotatable bonds is 4. The molecule has 2 rings (SSSR count). The topological polar surface area (TPSA) is 90.8 Å². The van der Waals surface area contributed by atoms with Crippen LogP contribution in [0.5, 0.6) is 0 Å². The van der Waals surface area contributed by atoms with Gasteiger partial charge in [-0.05, 0) is 26.8 Å². The molecule has 0 aliphatic heterocycles. The lowest BCUT2D eigenvalue weighted by Gasteiger charge is -2.16. The SMILES string of the molecule is CC(NC(=O)c1cc(N)cn1C(C)C)c1nncn1C. The number of hydrogen-bond acceptors (Lipinski definition) is 4. The van der Waals surface area contributed by atoms with E-state index in [1.807, 2.05) is 32.4 Å². The predicted octanol–water partition coefficient (Wildman–Crippen LogP) is 1.27. The molecule has 0 aliphatic carbocycles. The average molecular weight is 276 g/mol. The van der Waals surface area contributed by atoms with E-state index in [0.717, 1.165) is 0 Å². The van der Waals surface area contributed by atoms with Crippen LogP contribution in [0.1, 0.15) is 49.2 Å². The third-order valence-corrected chi connectivity index (χ3v) is 3.14. The number of aromatic nitrogens is 4. The fourth-order valence-electron chi connectivity index (χ4n) is 2.13. The number of aryl methyl sites for hydroxylation is 1. The van der Waals surface area contributed by atoms with Crippen LogP contribution in [0.3, 0.4) is 0 Å². The van der Waals surface area contributed by atoms with Gasteiger partial charge in [0.15, 0.2) is 5.82 Å². The van der Waals surface area contributed by atoms with Crippen LogP contribution in [-0.4, -0.2) is 25.2 Å². The summed E-state index contributed by atoms with van der Waals surface area (Å²) in [5.41, 5.74) is 6.90. The summed E-state index contributed by atoms with van der Waals surface area (Å²) in [6, 6.07) is 1.61. The minimum Gasteiger partial charge on any atom is -0.397 e. The number of nitrogen functional groups attached to an aromatic ring is 1. The molecular formula is C13H20N6O. The van der Waals surface area contributed by atoms with Gasteiger partial charge in [-0.3, -0.25) is 4.79 Å². The molecule has 0 saturated heterocycles. The summed E-state index contributed by atoms with van der Waals surface area (Å²) in [6.45, 7) is 5.87. The van der Waals surface area contributed by atoms with Gasteiger partial charge in [-0.1, -0.05) is 0 Å². The molecule has 1 unspecified atom stereocenters. The number of carbonyl (C=O) groups is 1. The summed E-state index contributed by atoms with van der Waals surface area (Å²) >= 11 is 0. The molecule has 0 radical (unpaired) electrons. The van der Waals surface area contributed by atoms with Crippen molar-refractivity contribution in [1.29, 1.82) is 0 Å². The van der Waals surface area contributed by atoms with E-state index in [1.165, 1.54) is 0 Å². The quantitative estimate of drug-likeness (QED) is 0.879. The van der Waals surface area contributed by atoms with E-state index in [-0.39, 0.29) is 18.0 Å². The summed E-state index contributed by atoms with van der Waals surface area (Å²) in [7, 11) is 1.84. The van der Waals surface area contributed by atoms with Crippen LogP contribution < -0.4 is 11.1 Å². The number of nitrogens with two attached hydrogens (primary N) is 1. The maximum absolute atomic E-state index is 12.4. The van der Waals surface area contributed by atoms with E-state index >= 15 is 0 Å². The number of anilines is 1. The van der Waals surface area contributed by atoms with Crippen molar-refractivity contribution in [1.82, 2.24) is 24.6 Å². The fraction of sp³-hybridized carbons (Fsp3) is 0.462. The van der Waals surface area contributed by atoms with Gasteiger partial charge < -0.3 is 20.2 Å². The predicted molar refractivity (Wildman–Crippen MR) is 76.1 cm³/mol. The molecule has 1 amide bonds. The first-order valence-corrected chi connectivity index (χ1v) is 6.52. The maximum Gasteiger partial charge on any atom is 0.268 e. The summed E-state index contributed by atoms with van der Waals surface area (Å²) in [5, 5.41) is 10.7. The molecule has 0 aromatic carbocycles. The Balaban J connectivity index is 2.18. The lowest BCUT2D eigenvalue weighted by atomic mass is 10.2. The van der Waals surface area contributed by atoms with Gasteiger partial charge in [-0.15, -0.1) is 10.2 Å². The van der Waals surface area contributed by atoms with Gasteiger partial charge in [0.2, 0.25) is 0 Å². The standard InChI is InChI=1S/C13H20N6O/c1-8(2)19-6-10(14)5-11(19)13(20)16-9(3)12-17-15-7-18(12)4/h5-9H,14H2,1-4H3,(H,16,20). The average Bonchev–Trinajstić information content (AvgIpc) is 2.95. The highest BCUT2D eigenvalue weighted by Gasteiger charge is 2.19. The second-order valence-electron chi connectivity index (χ2n) is 5.15. The zero-order valence-electron chi connectivity index (χ0n) is 12.2. The number of amides is 1. The minimum atomic E-state index is -0.230. The zero-order valence-corrected chi connectivity index (χ0v) is 12.2. The van der Waals surface area contributed by atoms with Gasteiger partial charge in [0.05, 0.1) is 11.7 Å². The van der Waals surface area contributed by atoms with Crippen LogP contribution in [0.2, 0.25) is 0 Å². The Morgan fingerprint density at radius 2 is 2.10 bits per heavy atom. The summed E-state index contributed by atoms with van der Waals surface area (Å²) < 4.78 is 3.63. The highest BCUT2D eigenvalue weighted by Crippen LogP contribution is 2.17. The zero-order chi connectivity index (χ0) is 14.9. The molecule has 108 valence electrons.